The molecule has 1 aliphatic heterocycles. The molecule has 0 amide bonds. The van der Waals surface area contributed by atoms with Crippen molar-refractivity contribution >= 4 is 22.7 Å². The van der Waals surface area contributed by atoms with Crippen LogP contribution in [0.1, 0.15) is 11.1 Å². The number of rotatable bonds is 2. The van der Waals surface area contributed by atoms with Crippen molar-refractivity contribution < 1.29 is 14.9 Å². The van der Waals surface area contributed by atoms with Crippen molar-refractivity contribution in [3.05, 3.63) is 77.7 Å². The number of anilines is 1. The summed E-state index contributed by atoms with van der Waals surface area (Å²) >= 11 is 0. The number of nitrogens with two attached hydrogens (primary N) is 1. The van der Waals surface area contributed by atoms with Crippen LogP contribution < -0.4 is 10.5 Å². The lowest BCUT2D eigenvalue weighted by atomic mass is 9.97. The fourth-order valence-corrected chi connectivity index (χ4v) is 4.05. The fourth-order valence-electron chi connectivity index (χ4n) is 4.05. The minimum atomic E-state index is -0.0190. The molecule has 5 rings (SSSR count). The number of aromatic hydroxyl groups is 2. The Labute approximate surface area is 167 Å². The van der Waals surface area contributed by atoms with Gasteiger partial charge in [0, 0.05) is 65.1 Å². The summed E-state index contributed by atoms with van der Waals surface area (Å²) in [6.07, 6.45) is 4.51. The highest BCUT2D eigenvalue weighted by Gasteiger charge is 2.23. The summed E-state index contributed by atoms with van der Waals surface area (Å²) < 4.78 is 7.99. The topological polar surface area (TPSA) is 80.6 Å². The van der Waals surface area contributed by atoms with Crippen LogP contribution in [0.2, 0.25) is 0 Å². The maximum atomic E-state index is 10.1. The molecule has 1 aliphatic rings. The molecule has 0 fully saturated rings. The summed E-state index contributed by atoms with van der Waals surface area (Å²) in [6, 6.07) is 16.9. The second-order valence-electron chi connectivity index (χ2n) is 7.31. The van der Waals surface area contributed by atoms with E-state index in [1.54, 1.807) is 0 Å². The molecule has 0 bridgehead atoms. The predicted molar refractivity (Wildman–Crippen MR) is 115 cm³/mol. The minimum absolute atomic E-state index is 0.0190. The van der Waals surface area contributed by atoms with Crippen LogP contribution in [0.15, 0.2) is 66.6 Å². The molecule has 0 radical (unpaired) electrons. The van der Waals surface area contributed by atoms with Gasteiger partial charge in [0.1, 0.15) is 23.0 Å². The number of phenolic OH excluding ortho intramolecular Hbond substituents is 2. The smallest absolute Gasteiger partial charge is 0.137 e. The zero-order valence-electron chi connectivity index (χ0n) is 15.9. The number of aryl methyl sites for hydroxylation is 1. The SMILES string of the molecule is Cn1cc(/C=C2/Cc3c(O)cc(O)cc3O2)c2c(-c3ccccc3N)cccc21. The predicted octanol–water partition coefficient (Wildman–Crippen LogP) is 4.81. The van der Waals surface area contributed by atoms with Crippen LogP contribution >= 0.6 is 0 Å². The largest absolute Gasteiger partial charge is 0.508 e. The van der Waals surface area contributed by atoms with Gasteiger partial charge in [0.15, 0.2) is 0 Å². The summed E-state index contributed by atoms with van der Waals surface area (Å²) in [5, 5.41) is 20.9. The lowest BCUT2D eigenvalue weighted by Gasteiger charge is -2.09. The number of nitrogens with zero attached hydrogens (tertiary/aromatic N) is 1. The Morgan fingerprint density at radius 1 is 1.03 bits per heavy atom. The number of nitrogen functional groups attached to an aromatic ring is 1. The van der Waals surface area contributed by atoms with Gasteiger partial charge >= 0.3 is 0 Å². The maximum absolute atomic E-state index is 10.1. The maximum Gasteiger partial charge on any atom is 0.137 e. The number of hydrogen-bond donors (Lipinski definition) is 3. The normalized spacial score (nSPS) is 14.3. The highest BCUT2D eigenvalue weighted by molar-refractivity contribution is 6.03. The molecule has 0 atom stereocenters. The van der Waals surface area contributed by atoms with Crippen LogP contribution in [0.3, 0.4) is 0 Å². The quantitative estimate of drug-likeness (QED) is 0.433. The first-order chi connectivity index (χ1) is 14.0. The van der Waals surface area contributed by atoms with Crippen molar-refractivity contribution in [3.8, 4) is 28.4 Å². The van der Waals surface area contributed by atoms with Crippen molar-refractivity contribution in [2.24, 2.45) is 7.05 Å². The number of aromatic nitrogens is 1. The molecular weight excluding hydrogens is 364 g/mol. The van der Waals surface area contributed by atoms with Gasteiger partial charge in [-0.2, -0.15) is 0 Å². The zero-order chi connectivity index (χ0) is 20.1. The van der Waals surface area contributed by atoms with E-state index < -0.39 is 0 Å². The van der Waals surface area contributed by atoms with Crippen LogP contribution in [0.4, 0.5) is 5.69 Å². The van der Waals surface area contributed by atoms with Gasteiger partial charge in [-0.25, -0.2) is 0 Å². The van der Waals surface area contributed by atoms with Crippen molar-refractivity contribution in [1.82, 2.24) is 4.57 Å². The monoisotopic (exact) mass is 384 g/mol. The third-order valence-electron chi connectivity index (χ3n) is 5.37. The Balaban J connectivity index is 1.66. The summed E-state index contributed by atoms with van der Waals surface area (Å²) in [5.41, 5.74) is 11.8. The summed E-state index contributed by atoms with van der Waals surface area (Å²) in [4.78, 5) is 0. The number of ether oxygens (including phenoxy) is 1. The third-order valence-corrected chi connectivity index (χ3v) is 5.37. The first-order valence-corrected chi connectivity index (χ1v) is 9.37. The molecule has 0 unspecified atom stereocenters. The molecule has 4 N–H and O–H groups in total. The zero-order valence-corrected chi connectivity index (χ0v) is 15.9. The number of benzene rings is 3. The highest BCUT2D eigenvalue weighted by Crippen LogP contribution is 2.42. The van der Waals surface area contributed by atoms with Crippen LogP contribution in [-0.4, -0.2) is 14.8 Å². The Hall–Kier alpha value is -3.86. The molecule has 4 aromatic rings. The van der Waals surface area contributed by atoms with Gasteiger partial charge in [0.2, 0.25) is 0 Å². The molecule has 144 valence electrons. The molecule has 29 heavy (non-hydrogen) atoms. The van der Waals surface area contributed by atoms with Gasteiger partial charge in [0.05, 0.1) is 0 Å². The second kappa shape index (κ2) is 6.34. The first-order valence-electron chi connectivity index (χ1n) is 9.37. The van der Waals surface area contributed by atoms with Crippen LogP contribution in [0, 0.1) is 0 Å². The standard InChI is InChI=1S/C24H20N2O3/c1-26-13-14(9-16-12-19-22(28)10-15(27)11-23(19)29-16)24-18(6-4-8-21(24)26)17-5-2-3-7-20(17)25/h2-11,13,27-28H,12,25H2,1H3/b16-9-. The summed E-state index contributed by atoms with van der Waals surface area (Å²) in [7, 11) is 2.01. The molecule has 0 saturated heterocycles. The van der Waals surface area contributed by atoms with E-state index in [1.165, 1.54) is 12.1 Å². The van der Waals surface area contributed by atoms with E-state index in [0.29, 0.717) is 23.5 Å². The molecule has 0 spiro atoms. The number of hydrogen-bond acceptors (Lipinski definition) is 4. The van der Waals surface area contributed by atoms with E-state index in [9.17, 15) is 10.2 Å². The lowest BCUT2D eigenvalue weighted by Crippen LogP contribution is -1.91. The Bertz CT molecular complexity index is 1300. The molecule has 3 aromatic carbocycles. The number of para-hydroxylation sites is 1. The third kappa shape index (κ3) is 2.79. The number of phenols is 2. The number of allylic oxidation sites excluding steroid dienone is 1. The number of fused-ring (bicyclic) bond motifs is 2. The van der Waals surface area contributed by atoms with E-state index in [0.717, 1.165) is 33.3 Å². The summed E-state index contributed by atoms with van der Waals surface area (Å²) in [6.45, 7) is 0. The van der Waals surface area contributed by atoms with Crippen molar-refractivity contribution in [2.75, 3.05) is 5.73 Å². The van der Waals surface area contributed by atoms with E-state index in [2.05, 4.69) is 22.9 Å². The van der Waals surface area contributed by atoms with Gasteiger partial charge < -0.3 is 25.3 Å². The van der Waals surface area contributed by atoms with Gasteiger partial charge in [-0.1, -0.05) is 30.3 Å². The van der Waals surface area contributed by atoms with Crippen LogP contribution in [0.5, 0.6) is 17.2 Å². The molecule has 5 nitrogen and oxygen atoms in total. The Kier molecular flexibility index (Phi) is 3.77. The molecule has 1 aromatic heterocycles. The molecule has 0 saturated carbocycles. The molecule has 0 aliphatic carbocycles. The van der Waals surface area contributed by atoms with Gasteiger partial charge in [-0.05, 0) is 23.8 Å². The van der Waals surface area contributed by atoms with Crippen LogP contribution in [-0.2, 0) is 13.5 Å². The fraction of sp³-hybridized carbons (Fsp3) is 0.0833. The van der Waals surface area contributed by atoms with E-state index in [4.69, 9.17) is 10.5 Å². The molecule has 2 heterocycles. The average molecular weight is 384 g/mol. The Morgan fingerprint density at radius 3 is 2.66 bits per heavy atom. The summed E-state index contributed by atoms with van der Waals surface area (Å²) in [5.74, 6) is 1.22. The molecular formula is C24H20N2O3. The Morgan fingerprint density at radius 2 is 1.83 bits per heavy atom. The molecule has 5 heteroatoms. The highest BCUT2D eigenvalue weighted by atomic mass is 16.5. The van der Waals surface area contributed by atoms with Gasteiger partial charge in [-0.3, -0.25) is 0 Å². The van der Waals surface area contributed by atoms with Gasteiger partial charge in [-0.15, -0.1) is 0 Å². The van der Waals surface area contributed by atoms with Gasteiger partial charge in [0.25, 0.3) is 0 Å². The van der Waals surface area contributed by atoms with Crippen molar-refractivity contribution in [3.63, 3.8) is 0 Å². The first kappa shape index (κ1) is 17.3. The van der Waals surface area contributed by atoms with Crippen molar-refractivity contribution in [2.45, 2.75) is 6.42 Å². The second-order valence-corrected chi connectivity index (χ2v) is 7.31. The van der Waals surface area contributed by atoms with E-state index in [-0.39, 0.29) is 11.5 Å². The van der Waals surface area contributed by atoms with Crippen molar-refractivity contribution in [1.29, 1.82) is 0 Å². The average Bonchev–Trinajstić information content (AvgIpc) is 3.23. The van der Waals surface area contributed by atoms with Crippen LogP contribution in [0.25, 0.3) is 28.1 Å². The minimum Gasteiger partial charge on any atom is -0.508 e. The van der Waals surface area contributed by atoms with E-state index >= 15 is 0 Å². The van der Waals surface area contributed by atoms with E-state index in [1.807, 2.05) is 43.5 Å². The lowest BCUT2D eigenvalue weighted by molar-refractivity contribution is 0.430.